The molecule has 3 heterocycles. The molecule has 182 valence electrons. The molecule has 1 aromatic carbocycles. The first-order valence-electron chi connectivity index (χ1n) is 11.5. The van der Waals surface area contributed by atoms with Crippen LogP contribution in [-0.4, -0.2) is 50.2 Å². The van der Waals surface area contributed by atoms with Gasteiger partial charge in [0, 0.05) is 24.0 Å². The quantitative estimate of drug-likeness (QED) is 0.493. The van der Waals surface area contributed by atoms with Crippen LogP contribution in [-0.2, 0) is 5.92 Å². The number of hydrogen-bond acceptors (Lipinski definition) is 7. The Labute approximate surface area is 197 Å². The molecule has 0 amide bonds. The van der Waals surface area contributed by atoms with E-state index in [1.807, 2.05) is 26.1 Å². The molecule has 3 aromatic rings. The van der Waals surface area contributed by atoms with Gasteiger partial charge in [-0.25, -0.2) is 0 Å². The van der Waals surface area contributed by atoms with Crippen molar-refractivity contribution in [2.75, 3.05) is 23.3 Å². The second-order valence-electron chi connectivity index (χ2n) is 9.57. The SMILES string of the molecule is Cc1nnc(N[C@H](C)c2cccc(C(F)(F)C(C)(C)O)c2)c2cc(N3CCC(O)CC3)cnc12. The molecule has 7 nitrogen and oxygen atoms in total. The molecule has 34 heavy (non-hydrogen) atoms. The van der Waals surface area contributed by atoms with Crippen molar-refractivity contribution >= 4 is 22.4 Å². The Bertz CT molecular complexity index is 1170. The maximum absolute atomic E-state index is 14.7. The molecule has 3 N–H and O–H groups in total. The predicted octanol–water partition coefficient (Wildman–Crippen LogP) is 4.33. The summed E-state index contributed by atoms with van der Waals surface area (Å²) >= 11 is 0. The van der Waals surface area contributed by atoms with E-state index in [-0.39, 0.29) is 17.7 Å². The molecule has 1 atom stereocenters. The summed E-state index contributed by atoms with van der Waals surface area (Å²) in [4.78, 5) is 6.80. The van der Waals surface area contributed by atoms with Crippen molar-refractivity contribution in [2.24, 2.45) is 0 Å². The summed E-state index contributed by atoms with van der Waals surface area (Å²) in [6.45, 7) is 7.39. The molecule has 9 heteroatoms. The highest BCUT2D eigenvalue weighted by molar-refractivity contribution is 5.92. The van der Waals surface area contributed by atoms with Crippen LogP contribution >= 0.6 is 0 Å². The third kappa shape index (κ3) is 4.67. The number of aliphatic hydroxyl groups is 2. The minimum atomic E-state index is -3.40. The van der Waals surface area contributed by atoms with Crippen LogP contribution in [0.15, 0.2) is 36.5 Å². The summed E-state index contributed by atoms with van der Waals surface area (Å²) in [5, 5.41) is 32.4. The average Bonchev–Trinajstić information content (AvgIpc) is 2.80. The van der Waals surface area contributed by atoms with Crippen molar-refractivity contribution in [1.29, 1.82) is 0 Å². The lowest BCUT2D eigenvalue weighted by atomic mass is 9.91. The highest BCUT2D eigenvalue weighted by atomic mass is 19.3. The van der Waals surface area contributed by atoms with E-state index < -0.39 is 11.5 Å². The van der Waals surface area contributed by atoms with E-state index >= 15 is 0 Å². The monoisotopic (exact) mass is 471 g/mol. The number of nitrogens with zero attached hydrogens (tertiary/aromatic N) is 4. The van der Waals surface area contributed by atoms with E-state index in [0.29, 0.717) is 35.4 Å². The standard InChI is InChI=1S/C25H31F2N5O2/c1-15(17-6-5-7-18(12-17)25(26,27)24(3,4)34)29-23-21-13-19(32-10-8-20(33)9-11-32)14-28-22(21)16(2)30-31-23/h5-7,12-15,20,33-34H,8-11H2,1-4H3,(H,29,31)/t15-/m1/s1. The molecular formula is C25H31F2N5O2. The third-order valence-corrected chi connectivity index (χ3v) is 6.47. The Hall–Kier alpha value is -2.91. The molecule has 0 bridgehead atoms. The number of pyridine rings is 1. The van der Waals surface area contributed by atoms with E-state index in [1.54, 1.807) is 12.1 Å². The van der Waals surface area contributed by atoms with Crippen molar-refractivity contribution in [3.05, 3.63) is 53.3 Å². The number of halogens is 2. The van der Waals surface area contributed by atoms with E-state index in [1.165, 1.54) is 12.1 Å². The number of aromatic nitrogens is 3. The predicted molar refractivity (Wildman–Crippen MR) is 128 cm³/mol. The number of aryl methyl sites for hydroxylation is 1. The number of hydrogen-bond donors (Lipinski definition) is 3. The zero-order valence-electron chi connectivity index (χ0n) is 19.9. The Morgan fingerprint density at radius 3 is 2.53 bits per heavy atom. The van der Waals surface area contributed by atoms with Gasteiger partial charge in [-0.2, -0.15) is 13.9 Å². The topological polar surface area (TPSA) is 94.4 Å². The van der Waals surface area contributed by atoms with Gasteiger partial charge in [0.2, 0.25) is 0 Å². The molecule has 1 aliphatic rings. The molecule has 0 saturated carbocycles. The first-order valence-corrected chi connectivity index (χ1v) is 11.5. The molecule has 1 saturated heterocycles. The van der Waals surface area contributed by atoms with Crippen molar-refractivity contribution in [1.82, 2.24) is 15.2 Å². The lowest BCUT2D eigenvalue weighted by Gasteiger charge is -2.31. The minimum Gasteiger partial charge on any atom is -0.393 e. The Kier molecular flexibility index (Phi) is 6.44. The van der Waals surface area contributed by atoms with Crippen LogP contribution in [0.25, 0.3) is 10.9 Å². The summed E-state index contributed by atoms with van der Waals surface area (Å²) in [6, 6.07) is 7.70. The van der Waals surface area contributed by atoms with Crippen LogP contribution in [0, 0.1) is 6.92 Å². The van der Waals surface area contributed by atoms with Gasteiger partial charge in [0.1, 0.15) is 5.60 Å². The highest BCUT2D eigenvalue weighted by Gasteiger charge is 2.47. The Morgan fingerprint density at radius 2 is 1.85 bits per heavy atom. The van der Waals surface area contributed by atoms with E-state index in [4.69, 9.17) is 0 Å². The fourth-order valence-electron chi connectivity index (χ4n) is 4.20. The number of anilines is 2. The summed E-state index contributed by atoms with van der Waals surface area (Å²) in [6.07, 6.45) is 2.96. The number of nitrogens with one attached hydrogen (secondary N) is 1. The van der Waals surface area contributed by atoms with Crippen molar-refractivity contribution in [3.8, 4) is 0 Å². The maximum atomic E-state index is 14.7. The molecule has 0 radical (unpaired) electrons. The van der Waals surface area contributed by atoms with Gasteiger partial charge in [0.25, 0.3) is 0 Å². The van der Waals surface area contributed by atoms with Crippen LogP contribution < -0.4 is 10.2 Å². The largest absolute Gasteiger partial charge is 0.393 e. The summed E-state index contributed by atoms with van der Waals surface area (Å²) in [7, 11) is 0. The number of alkyl halides is 2. The smallest absolute Gasteiger partial charge is 0.300 e. The van der Waals surface area contributed by atoms with Crippen LogP contribution in [0.2, 0.25) is 0 Å². The summed E-state index contributed by atoms with van der Waals surface area (Å²) < 4.78 is 29.4. The molecule has 4 rings (SSSR count). The first-order chi connectivity index (χ1) is 16.0. The van der Waals surface area contributed by atoms with Crippen molar-refractivity contribution in [2.45, 2.75) is 64.2 Å². The minimum absolute atomic E-state index is 0.248. The molecule has 0 unspecified atom stereocenters. The zero-order valence-corrected chi connectivity index (χ0v) is 19.9. The fraction of sp³-hybridized carbons (Fsp3) is 0.480. The zero-order chi connectivity index (χ0) is 24.7. The van der Waals surface area contributed by atoms with Gasteiger partial charge in [-0.3, -0.25) is 4.98 Å². The lowest BCUT2D eigenvalue weighted by Crippen LogP contribution is -2.40. The van der Waals surface area contributed by atoms with Crippen LogP contribution in [0.3, 0.4) is 0 Å². The van der Waals surface area contributed by atoms with Gasteiger partial charge in [0.05, 0.1) is 35.2 Å². The van der Waals surface area contributed by atoms with Crippen molar-refractivity contribution in [3.63, 3.8) is 0 Å². The normalized spacial score (nSPS) is 16.6. The van der Waals surface area contributed by atoms with E-state index in [9.17, 15) is 19.0 Å². The molecule has 0 aliphatic carbocycles. The van der Waals surface area contributed by atoms with E-state index in [0.717, 1.165) is 38.0 Å². The number of aliphatic hydroxyl groups excluding tert-OH is 1. The van der Waals surface area contributed by atoms with Gasteiger partial charge in [0.15, 0.2) is 5.82 Å². The molecule has 0 spiro atoms. The van der Waals surface area contributed by atoms with Crippen molar-refractivity contribution < 1.29 is 19.0 Å². The number of fused-ring (bicyclic) bond motifs is 1. The van der Waals surface area contributed by atoms with Gasteiger partial charge in [-0.15, -0.1) is 5.10 Å². The fourth-order valence-corrected chi connectivity index (χ4v) is 4.20. The van der Waals surface area contributed by atoms with Gasteiger partial charge in [-0.1, -0.05) is 18.2 Å². The maximum Gasteiger partial charge on any atom is 0.300 e. The summed E-state index contributed by atoms with van der Waals surface area (Å²) in [5.74, 6) is -2.89. The average molecular weight is 472 g/mol. The lowest BCUT2D eigenvalue weighted by molar-refractivity contribution is -0.168. The van der Waals surface area contributed by atoms with Gasteiger partial charge >= 0.3 is 5.92 Å². The van der Waals surface area contributed by atoms with Gasteiger partial charge in [-0.05, 0) is 58.2 Å². The number of rotatable bonds is 6. The Morgan fingerprint density at radius 1 is 1.15 bits per heavy atom. The second-order valence-corrected chi connectivity index (χ2v) is 9.57. The van der Waals surface area contributed by atoms with Gasteiger partial charge < -0.3 is 20.4 Å². The van der Waals surface area contributed by atoms with Crippen LogP contribution in [0.5, 0.6) is 0 Å². The van der Waals surface area contributed by atoms with E-state index in [2.05, 4.69) is 25.4 Å². The van der Waals surface area contributed by atoms with Crippen LogP contribution in [0.1, 0.15) is 56.5 Å². The third-order valence-electron chi connectivity index (χ3n) is 6.47. The molecule has 1 aliphatic heterocycles. The number of benzene rings is 1. The molecule has 1 fully saturated rings. The first kappa shape index (κ1) is 24.2. The summed E-state index contributed by atoms with van der Waals surface area (Å²) in [5.41, 5.74) is 0.545. The molecule has 2 aromatic heterocycles. The number of piperidine rings is 1. The van der Waals surface area contributed by atoms with Crippen LogP contribution in [0.4, 0.5) is 20.3 Å². The Balaban J connectivity index is 1.65. The molecular weight excluding hydrogens is 440 g/mol. The second kappa shape index (κ2) is 9.03. The highest BCUT2D eigenvalue weighted by Crippen LogP contribution is 2.39.